The van der Waals surface area contributed by atoms with E-state index in [4.69, 9.17) is 46.3 Å². The minimum atomic E-state index is -5.22. The lowest BCUT2D eigenvalue weighted by Gasteiger charge is -2.41. The third kappa shape index (κ3) is 25.2. The summed E-state index contributed by atoms with van der Waals surface area (Å²) < 4.78 is 85.0. The van der Waals surface area contributed by atoms with Crippen molar-refractivity contribution in [1.82, 2.24) is 44.8 Å². The van der Waals surface area contributed by atoms with Crippen LogP contribution in [0.1, 0.15) is 108 Å². The molecule has 0 radical (unpaired) electrons. The molecule has 2 fully saturated rings. The van der Waals surface area contributed by atoms with E-state index in [2.05, 4.69) is 15.6 Å². The minimum absolute atomic E-state index is 0.00759. The number of benzene rings is 3. The van der Waals surface area contributed by atoms with E-state index >= 15 is 0 Å². The fourth-order valence-corrected chi connectivity index (χ4v) is 14.4. The van der Waals surface area contributed by atoms with Crippen LogP contribution in [0.15, 0.2) is 91.1 Å². The van der Waals surface area contributed by atoms with Crippen molar-refractivity contribution in [1.29, 1.82) is 0 Å². The van der Waals surface area contributed by atoms with Crippen LogP contribution in [0.2, 0.25) is 0 Å². The van der Waals surface area contributed by atoms with Gasteiger partial charge < -0.3 is 91.8 Å². The second-order valence-corrected chi connectivity index (χ2v) is 30.1. The Labute approximate surface area is 662 Å². The highest BCUT2D eigenvalue weighted by atomic mass is 32.3. The van der Waals surface area contributed by atoms with E-state index in [0.29, 0.717) is 37.1 Å². The van der Waals surface area contributed by atoms with E-state index in [1.165, 1.54) is 85.3 Å². The molecule has 6 N–H and O–H groups in total. The number of likely N-dealkylation sites (tertiary alicyclic amines) is 1. The van der Waals surface area contributed by atoms with Crippen LogP contribution in [0.5, 0.6) is 17.2 Å². The summed E-state index contributed by atoms with van der Waals surface area (Å²) in [6, 6.07) is 13.7. The van der Waals surface area contributed by atoms with E-state index in [-0.39, 0.29) is 107 Å². The number of ketones is 1. The molecule has 3 unspecified atom stereocenters. The summed E-state index contributed by atoms with van der Waals surface area (Å²) in [7, 11) is 2.06. The number of nitrogens with one attached hydrogen (secondary N) is 1. The van der Waals surface area contributed by atoms with Gasteiger partial charge in [-0.1, -0.05) is 103 Å². The van der Waals surface area contributed by atoms with Crippen LogP contribution in [0.25, 0.3) is 0 Å². The number of hydrogen-bond acceptors (Lipinski definition) is 27. The SMILES string of the molecule is CCC(C)[C@@H]([C@@H](CC(=O)N1CCC[C@H]1[C@H](OC)[C@@H](C)C(=O)CC(Cc1ccccc1)C(=O)O)OC)N(C)C(=O)[C@@H](NC(=O)[C@H](C(C)C)N(C)C(=O)OCc1ccc(OS(=O)(=O)Oc2cc(C(=O)N(C)CCOCCn3cc(COCCOCCN4C(=O)C=CC4=O)nn3)ccc2OC2O[C@H](C(=O)O)[C@@H](O)[C@H](O)[C@H]2O)cc1)C(C)C. The van der Waals surface area contributed by atoms with Gasteiger partial charge >= 0.3 is 28.4 Å². The molecule has 1 aromatic heterocycles. The topological polar surface area (TPSA) is 457 Å². The second kappa shape index (κ2) is 43.2. The van der Waals surface area contributed by atoms with Gasteiger partial charge in [0.1, 0.15) is 54.2 Å². The summed E-state index contributed by atoms with van der Waals surface area (Å²) in [5.41, 5.74) is 1.43. The number of Topliss-reactive ketones (excluding diaryl/α,β-unsaturated/α-hetero) is 1. The molecule has 7 amide bonds. The summed E-state index contributed by atoms with van der Waals surface area (Å²) in [6.45, 7) is 13.6. The number of hydrogen-bond donors (Lipinski definition) is 6. The predicted octanol–water partition coefficient (Wildman–Crippen LogP) is 3.06. The Morgan fingerprint density at radius 3 is 2.03 bits per heavy atom. The fourth-order valence-electron chi connectivity index (χ4n) is 13.6. The Morgan fingerprint density at radius 1 is 0.728 bits per heavy atom. The minimum Gasteiger partial charge on any atom is -0.481 e. The van der Waals surface area contributed by atoms with Gasteiger partial charge in [0.2, 0.25) is 24.0 Å². The third-order valence-electron chi connectivity index (χ3n) is 20.2. The lowest BCUT2D eigenvalue weighted by atomic mass is 9.85. The highest BCUT2D eigenvalue weighted by molar-refractivity contribution is 7.82. The maximum Gasteiger partial charge on any atom is 0.501 e. The molecule has 3 aliphatic heterocycles. The van der Waals surface area contributed by atoms with E-state index in [1.807, 2.05) is 32.0 Å². The number of ether oxygens (including phenoxy) is 8. The Morgan fingerprint density at radius 2 is 1.39 bits per heavy atom. The number of aliphatic hydroxyl groups is 3. The number of methoxy groups -OCH3 is 2. The van der Waals surface area contributed by atoms with Crippen molar-refractivity contribution in [3.05, 3.63) is 114 Å². The normalized spacial score (nSPS) is 19.8. The van der Waals surface area contributed by atoms with Crippen LogP contribution < -0.4 is 18.4 Å². The van der Waals surface area contributed by atoms with Gasteiger partial charge in [-0.3, -0.25) is 48.2 Å². The molecular formula is C77H107N9O27S. The maximum atomic E-state index is 14.9. The van der Waals surface area contributed by atoms with Crippen LogP contribution >= 0.6 is 0 Å². The van der Waals surface area contributed by atoms with Crippen molar-refractivity contribution in [3.63, 3.8) is 0 Å². The molecule has 3 aromatic carbocycles. The number of rotatable bonds is 46. The van der Waals surface area contributed by atoms with Crippen molar-refractivity contribution in [2.45, 2.75) is 174 Å². The Kier molecular flexibility index (Phi) is 34.7. The lowest BCUT2D eigenvalue weighted by Crippen LogP contribution is -2.61. The van der Waals surface area contributed by atoms with Gasteiger partial charge in [-0.15, -0.1) is 13.5 Å². The second-order valence-electron chi connectivity index (χ2n) is 28.9. The van der Waals surface area contributed by atoms with Crippen molar-refractivity contribution in [3.8, 4) is 17.2 Å². The number of likely N-dealkylation sites (N-methyl/N-ethyl adjacent to an activating group) is 3. The zero-order valence-corrected chi connectivity index (χ0v) is 66.9. The van der Waals surface area contributed by atoms with Gasteiger partial charge in [0.25, 0.3) is 17.7 Å². The number of imide groups is 1. The van der Waals surface area contributed by atoms with Crippen molar-refractivity contribution in [2.24, 2.45) is 29.6 Å². The summed E-state index contributed by atoms with van der Waals surface area (Å²) >= 11 is 0. The fraction of sp³-hybridized carbons (Fsp3) is 0.584. The zero-order valence-electron chi connectivity index (χ0n) is 66.1. The van der Waals surface area contributed by atoms with Gasteiger partial charge in [-0.25, -0.2) is 14.3 Å². The Hall–Kier alpha value is -9.57. The Bertz CT molecular complexity index is 4040. The van der Waals surface area contributed by atoms with Crippen molar-refractivity contribution < 1.29 is 128 Å². The van der Waals surface area contributed by atoms with Crippen LogP contribution in [0.3, 0.4) is 0 Å². The summed E-state index contributed by atoms with van der Waals surface area (Å²) in [5, 5.41) is 62.4. The van der Waals surface area contributed by atoms with E-state index in [1.54, 1.807) is 64.9 Å². The number of amides is 7. The molecule has 2 saturated heterocycles. The molecule has 628 valence electrons. The zero-order chi connectivity index (χ0) is 83.8. The number of carboxylic acids is 2. The van der Waals surface area contributed by atoms with Gasteiger partial charge in [0.15, 0.2) is 17.6 Å². The Balaban J connectivity index is 0.932. The molecule has 36 nitrogen and oxygen atoms in total. The van der Waals surface area contributed by atoms with Crippen LogP contribution in [-0.4, -0.2) is 288 Å². The molecule has 14 atom stereocenters. The first-order valence-corrected chi connectivity index (χ1v) is 38.9. The monoisotopic (exact) mass is 1620 g/mol. The number of aliphatic carboxylic acids is 2. The van der Waals surface area contributed by atoms with Gasteiger partial charge in [-0.2, -0.15) is 0 Å². The molecule has 0 aliphatic carbocycles. The average Bonchev–Trinajstić information content (AvgIpc) is 0.889. The highest BCUT2D eigenvalue weighted by Gasteiger charge is 2.49. The predicted molar refractivity (Wildman–Crippen MR) is 403 cm³/mol. The molecule has 0 spiro atoms. The molecule has 3 aliphatic rings. The average molecular weight is 1620 g/mol. The van der Waals surface area contributed by atoms with Crippen molar-refractivity contribution >= 4 is 69.7 Å². The molecule has 4 aromatic rings. The molecule has 37 heteroatoms. The standard InChI is InChI=1S/C77H107N9O27S/c1-13-47(6)65(59(104-11)41-62(90)85-29-17-20-55(85)69(105-12)48(7)56(87)39-52(74(97)98)38-49-18-15-14-16-19-49)82(9)73(96)63(45(2)3)78-71(94)64(46(4)5)83(10)77(101)109-43-50-21-24-54(25-22-50)112-114(102,103)113-58-40-51(23-26-57(58)110-76-68(93)66(91)67(92)70(111-76)75(99)100)72(95)81(8)30-33-106-34-31-84-42-53(79-80-84)44-108-37-36-107-35-32-86-60(88)27-28-61(86)89/h14-16,18-19,21-28,40,42,45-48,52,55,59,63-70,76,91-93H,13,17,20,29-39,41,43-44H2,1-12H3,(H,78,94)(H,97,98)(H,99,100)/t47?,48-,52?,55-,59+,63-,64-,65-,66-,67-,68+,69+,70-,76?/m0/s1. The number of nitrogens with zero attached hydrogens (tertiary/aromatic N) is 8. The van der Waals surface area contributed by atoms with E-state index < -0.39 is 167 Å². The van der Waals surface area contributed by atoms with E-state index in [0.717, 1.165) is 27.5 Å². The number of carbonyl (C=O) groups is 10. The molecular weight excluding hydrogens is 1510 g/mol. The lowest BCUT2D eigenvalue weighted by molar-refractivity contribution is -0.271. The first kappa shape index (κ1) is 91.6. The maximum absolute atomic E-state index is 14.9. The summed E-state index contributed by atoms with van der Waals surface area (Å²) in [5.74, 6) is -10.8. The molecule has 4 heterocycles. The smallest absolute Gasteiger partial charge is 0.481 e. The number of aliphatic hydroxyl groups excluding tert-OH is 3. The van der Waals surface area contributed by atoms with Gasteiger partial charge in [0, 0.05) is 78.5 Å². The van der Waals surface area contributed by atoms with Crippen molar-refractivity contribution in [2.75, 3.05) is 88.0 Å². The first-order valence-electron chi connectivity index (χ1n) is 37.6. The number of aromatic nitrogens is 3. The third-order valence-corrected chi connectivity index (χ3v) is 21.0. The van der Waals surface area contributed by atoms with Crippen LogP contribution in [0, 0.1) is 29.6 Å². The van der Waals surface area contributed by atoms with Crippen LogP contribution in [-0.2, 0) is 108 Å². The largest absolute Gasteiger partial charge is 0.501 e. The molecule has 0 bridgehead atoms. The number of carbonyl (C=O) groups excluding carboxylic acids is 8. The summed E-state index contributed by atoms with van der Waals surface area (Å²) in [4.78, 5) is 140. The quantitative estimate of drug-likeness (QED) is 0.0273. The highest BCUT2D eigenvalue weighted by Crippen LogP contribution is 2.36. The molecule has 114 heavy (non-hydrogen) atoms. The van der Waals surface area contributed by atoms with E-state index in [9.17, 15) is 81.9 Å². The van der Waals surface area contributed by atoms with Crippen LogP contribution in [0.4, 0.5) is 4.79 Å². The van der Waals surface area contributed by atoms with Gasteiger partial charge in [0.05, 0.1) is 95.6 Å². The summed E-state index contributed by atoms with van der Waals surface area (Å²) in [6.07, 6.45) is -7.54. The molecule has 0 saturated carbocycles. The number of carboxylic acid groups (broad SMARTS) is 2. The van der Waals surface area contributed by atoms with Gasteiger partial charge in [-0.05, 0) is 78.5 Å². The molecule has 7 rings (SSSR count). The first-order chi connectivity index (χ1) is 54.1.